The van der Waals surface area contributed by atoms with Gasteiger partial charge in [-0.1, -0.05) is 17.7 Å². The van der Waals surface area contributed by atoms with Crippen molar-refractivity contribution in [2.45, 2.75) is 32.4 Å². The van der Waals surface area contributed by atoms with Crippen LogP contribution in [0.25, 0.3) is 0 Å². The minimum atomic E-state index is 0.340. The standard InChI is InChI=1S/C15H22N2O/c1-11-3-4-15-13(7-11)8-14(18-15)10-17-6-5-16-12(2)9-17/h3-4,7,12,14,16H,5-6,8-10H2,1-2H3/t12-,14?/m0/s1. The number of ether oxygens (including phenoxy) is 1. The van der Waals surface area contributed by atoms with Crippen molar-refractivity contribution < 1.29 is 4.74 Å². The van der Waals surface area contributed by atoms with Gasteiger partial charge in [0.2, 0.25) is 0 Å². The van der Waals surface area contributed by atoms with Crippen LogP contribution in [0, 0.1) is 6.92 Å². The van der Waals surface area contributed by atoms with Crippen molar-refractivity contribution in [3.8, 4) is 5.75 Å². The first-order valence-electron chi connectivity index (χ1n) is 6.92. The number of hydrogen-bond acceptors (Lipinski definition) is 3. The van der Waals surface area contributed by atoms with Gasteiger partial charge in [-0.15, -0.1) is 0 Å². The molecule has 2 aliphatic rings. The van der Waals surface area contributed by atoms with E-state index >= 15 is 0 Å². The Kier molecular flexibility index (Phi) is 3.27. The molecule has 2 aliphatic heterocycles. The predicted molar refractivity (Wildman–Crippen MR) is 73.2 cm³/mol. The van der Waals surface area contributed by atoms with Crippen LogP contribution in [0.5, 0.6) is 5.75 Å². The number of aryl methyl sites for hydroxylation is 1. The summed E-state index contributed by atoms with van der Waals surface area (Å²) in [6.45, 7) is 8.82. The minimum Gasteiger partial charge on any atom is -0.488 e. The second kappa shape index (κ2) is 4.90. The first-order valence-corrected chi connectivity index (χ1v) is 6.92. The molecule has 0 aromatic heterocycles. The zero-order chi connectivity index (χ0) is 12.5. The molecule has 18 heavy (non-hydrogen) atoms. The molecular weight excluding hydrogens is 224 g/mol. The molecule has 1 saturated heterocycles. The fourth-order valence-electron chi connectivity index (χ4n) is 3.02. The molecule has 0 saturated carbocycles. The molecule has 3 rings (SSSR count). The average molecular weight is 246 g/mol. The highest BCUT2D eigenvalue weighted by Gasteiger charge is 2.26. The third-order valence-corrected chi connectivity index (χ3v) is 3.87. The summed E-state index contributed by atoms with van der Waals surface area (Å²) in [6, 6.07) is 7.11. The van der Waals surface area contributed by atoms with Gasteiger partial charge in [-0.3, -0.25) is 4.90 Å². The Balaban J connectivity index is 1.60. The third-order valence-electron chi connectivity index (χ3n) is 3.87. The van der Waals surface area contributed by atoms with Crippen molar-refractivity contribution in [1.29, 1.82) is 0 Å². The van der Waals surface area contributed by atoms with Crippen LogP contribution in [-0.2, 0) is 6.42 Å². The van der Waals surface area contributed by atoms with Gasteiger partial charge in [0.1, 0.15) is 11.9 Å². The second-order valence-corrected chi connectivity index (χ2v) is 5.67. The Morgan fingerprint density at radius 1 is 1.44 bits per heavy atom. The number of rotatable bonds is 2. The Morgan fingerprint density at radius 3 is 3.17 bits per heavy atom. The molecule has 2 heterocycles. The van der Waals surface area contributed by atoms with Gasteiger partial charge in [0.25, 0.3) is 0 Å². The maximum atomic E-state index is 6.04. The fraction of sp³-hybridized carbons (Fsp3) is 0.600. The molecule has 0 aliphatic carbocycles. The summed E-state index contributed by atoms with van der Waals surface area (Å²) < 4.78 is 6.04. The third kappa shape index (κ3) is 2.52. The maximum Gasteiger partial charge on any atom is 0.123 e. The van der Waals surface area contributed by atoms with Crippen molar-refractivity contribution >= 4 is 0 Å². The number of piperazine rings is 1. The van der Waals surface area contributed by atoms with Crippen LogP contribution in [0.1, 0.15) is 18.1 Å². The van der Waals surface area contributed by atoms with E-state index in [0.29, 0.717) is 12.1 Å². The normalized spacial score (nSPS) is 27.9. The van der Waals surface area contributed by atoms with E-state index in [-0.39, 0.29) is 0 Å². The molecular formula is C15H22N2O. The van der Waals surface area contributed by atoms with Gasteiger partial charge < -0.3 is 10.1 Å². The van der Waals surface area contributed by atoms with E-state index in [4.69, 9.17) is 4.74 Å². The number of nitrogens with zero attached hydrogens (tertiary/aromatic N) is 1. The number of nitrogens with one attached hydrogen (secondary N) is 1. The highest BCUT2D eigenvalue weighted by Crippen LogP contribution is 2.29. The SMILES string of the molecule is Cc1ccc2c(c1)CC(CN1CCN[C@@H](C)C1)O2. The van der Waals surface area contributed by atoms with Gasteiger partial charge >= 0.3 is 0 Å². The Labute approximate surface area is 109 Å². The molecule has 3 nitrogen and oxygen atoms in total. The quantitative estimate of drug-likeness (QED) is 0.857. The van der Waals surface area contributed by atoms with E-state index in [9.17, 15) is 0 Å². The van der Waals surface area contributed by atoms with Gasteiger partial charge in [-0.2, -0.15) is 0 Å². The monoisotopic (exact) mass is 246 g/mol. The summed E-state index contributed by atoms with van der Waals surface area (Å²) in [5.74, 6) is 1.09. The summed E-state index contributed by atoms with van der Waals surface area (Å²) in [4.78, 5) is 2.52. The molecule has 2 atom stereocenters. The van der Waals surface area contributed by atoms with E-state index in [1.165, 1.54) is 11.1 Å². The van der Waals surface area contributed by atoms with E-state index in [2.05, 4.69) is 42.3 Å². The van der Waals surface area contributed by atoms with E-state index in [1.54, 1.807) is 0 Å². The second-order valence-electron chi connectivity index (χ2n) is 5.67. The van der Waals surface area contributed by atoms with Gasteiger partial charge in [0.05, 0.1) is 0 Å². The van der Waals surface area contributed by atoms with Crippen LogP contribution >= 0.6 is 0 Å². The molecule has 0 bridgehead atoms. The number of fused-ring (bicyclic) bond motifs is 1. The summed E-state index contributed by atoms with van der Waals surface area (Å²) in [7, 11) is 0. The van der Waals surface area contributed by atoms with Gasteiger partial charge in [-0.05, 0) is 25.5 Å². The number of benzene rings is 1. The van der Waals surface area contributed by atoms with Gasteiger partial charge in [0.15, 0.2) is 0 Å². The van der Waals surface area contributed by atoms with Crippen LogP contribution in [0.2, 0.25) is 0 Å². The minimum absolute atomic E-state index is 0.340. The Morgan fingerprint density at radius 2 is 2.33 bits per heavy atom. The summed E-state index contributed by atoms with van der Waals surface area (Å²) in [5.41, 5.74) is 2.71. The van der Waals surface area contributed by atoms with Crippen molar-refractivity contribution in [3.63, 3.8) is 0 Å². The molecule has 1 unspecified atom stereocenters. The molecule has 98 valence electrons. The zero-order valence-corrected chi connectivity index (χ0v) is 11.3. The molecule has 0 amide bonds. The predicted octanol–water partition coefficient (Wildman–Crippen LogP) is 1.59. The maximum absolute atomic E-state index is 6.04. The van der Waals surface area contributed by atoms with Crippen molar-refractivity contribution in [2.75, 3.05) is 26.2 Å². The van der Waals surface area contributed by atoms with Crippen LogP contribution in [0.15, 0.2) is 18.2 Å². The molecule has 0 spiro atoms. The van der Waals surface area contributed by atoms with E-state index < -0.39 is 0 Å². The molecule has 1 aromatic carbocycles. The lowest BCUT2D eigenvalue weighted by Crippen LogP contribution is -2.51. The van der Waals surface area contributed by atoms with E-state index in [0.717, 1.165) is 38.3 Å². The molecule has 0 radical (unpaired) electrons. The van der Waals surface area contributed by atoms with Crippen molar-refractivity contribution in [3.05, 3.63) is 29.3 Å². The Bertz CT molecular complexity index is 433. The average Bonchev–Trinajstić information content (AvgIpc) is 2.70. The highest BCUT2D eigenvalue weighted by molar-refractivity contribution is 5.40. The molecule has 1 aromatic rings. The molecule has 3 heteroatoms. The van der Waals surface area contributed by atoms with Crippen molar-refractivity contribution in [1.82, 2.24) is 10.2 Å². The topological polar surface area (TPSA) is 24.5 Å². The van der Waals surface area contributed by atoms with Gasteiger partial charge in [-0.25, -0.2) is 0 Å². The lowest BCUT2D eigenvalue weighted by atomic mass is 10.1. The first-order chi connectivity index (χ1) is 8.70. The molecule has 1 N–H and O–H groups in total. The van der Waals surface area contributed by atoms with Crippen LogP contribution in [0.4, 0.5) is 0 Å². The van der Waals surface area contributed by atoms with Crippen molar-refractivity contribution in [2.24, 2.45) is 0 Å². The number of hydrogen-bond donors (Lipinski definition) is 1. The van der Waals surface area contributed by atoms with Gasteiger partial charge in [0, 0.05) is 38.6 Å². The summed E-state index contributed by atoms with van der Waals surface area (Å²) >= 11 is 0. The summed E-state index contributed by atoms with van der Waals surface area (Å²) in [6.07, 6.45) is 1.40. The van der Waals surface area contributed by atoms with Crippen LogP contribution in [-0.4, -0.2) is 43.2 Å². The largest absolute Gasteiger partial charge is 0.488 e. The first kappa shape index (κ1) is 12.0. The lowest BCUT2D eigenvalue weighted by Gasteiger charge is -2.33. The fourth-order valence-corrected chi connectivity index (χ4v) is 3.02. The molecule has 1 fully saturated rings. The summed E-state index contributed by atoms with van der Waals surface area (Å²) in [5, 5.41) is 3.48. The highest BCUT2D eigenvalue weighted by atomic mass is 16.5. The zero-order valence-electron chi connectivity index (χ0n) is 11.3. The van der Waals surface area contributed by atoms with E-state index in [1.807, 2.05) is 0 Å². The Hall–Kier alpha value is -1.06. The lowest BCUT2D eigenvalue weighted by molar-refractivity contribution is 0.126. The van der Waals surface area contributed by atoms with Crippen LogP contribution in [0.3, 0.4) is 0 Å². The smallest absolute Gasteiger partial charge is 0.123 e. The van der Waals surface area contributed by atoms with Crippen LogP contribution < -0.4 is 10.1 Å².